The summed E-state index contributed by atoms with van der Waals surface area (Å²) in [5, 5.41) is 6.75. The van der Waals surface area contributed by atoms with Crippen molar-refractivity contribution in [1.29, 1.82) is 0 Å². The van der Waals surface area contributed by atoms with Crippen LogP contribution in [0.1, 0.15) is 68.6 Å². The van der Waals surface area contributed by atoms with Gasteiger partial charge in [-0.05, 0) is 67.4 Å². The zero-order valence-electron chi connectivity index (χ0n) is 19.3. The van der Waals surface area contributed by atoms with Gasteiger partial charge in [-0.15, -0.1) is 0 Å². The monoisotopic (exact) mass is 444 g/mol. The second-order valence-electron chi connectivity index (χ2n) is 9.60. The van der Waals surface area contributed by atoms with E-state index in [2.05, 4.69) is 47.0 Å². The van der Waals surface area contributed by atoms with E-state index in [-0.39, 0.29) is 11.9 Å². The van der Waals surface area contributed by atoms with Crippen molar-refractivity contribution in [1.82, 2.24) is 5.32 Å². The van der Waals surface area contributed by atoms with Gasteiger partial charge in [0.05, 0.1) is 5.41 Å². The van der Waals surface area contributed by atoms with Crippen LogP contribution in [0.15, 0.2) is 48.5 Å². The van der Waals surface area contributed by atoms with Crippen LogP contribution < -0.4 is 15.4 Å². The van der Waals surface area contributed by atoms with Gasteiger partial charge < -0.3 is 15.4 Å². The summed E-state index contributed by atoms with van der Waals surface area (Å²) in [6.45, 7) is 2.34. The number of esters is 1. The van der Waals surface area contributed by atoms with Crippen molar-refractivity contribution >= 4 is 23.1 Å². The molecule has 2 heterocycles. The number of benzene rings is 2. The Balaban J connectivity index is 1.24. The van der Waals surface area contributed by atoms with Crippen molar-refractivity contribution in [2.75, 3.05) is 11.9 Å². The fraction of sp³-hybridized carbons (Fsp3) is 0.429. The molecule has 1 aliphatic carbocycles. The molecule has 0 bridgehead atoms. The Bertz CT molecular complexity index is 1090. The van der Waals surface area contributed by atoms with E-state index in [1.165, 1.54) is 18.1 Å². The van der Waals surface area contributed by atoms with Crippen LogP contribution in [0.3, 0.4) is 0 Å². The third-order valence-corrected chi connectivity index (χ3v) is 7.49. The van der Waals surface area contributed by atoms with Crippen molar-refractivity contribution < 1.29 is 14.3 Å². The fourth-order valence-electron chi connectivity index (χ4n) is 5.98. The largest absolute Gasteiger partial charge is 0.426 e. The van der Waals surface area contributed by atoms with Gasteiger partial charge in [-0.25, -0.2) is 0 Å². The molecule has 0 saturated heterocycles. The molecule has 5 nitrogen and oxygen atoms in total. The van der Waals surface area contributed by atoms with Crippen LogP contribution in [0.5, 0.6) is 5.75 Å². The van der Waals surface area contributed by atoms with E-state index in [0.717, 1.165) is 74.7 Å². The smallest absolute Gasteiger partial charge is 0.308 e. The first kappa shape index (κ1) is 21.9. The first-order chi connectivity index (χ1) is 16.1. The van der Waals surface area contributed by atoms with Gasteiger partial charge in [-0.3, -0.25) is 9.59 Å². The number of hydrogen-bond donors (Lipinski definition) is 2. The third kappa shape index (κ3) is 4.22. The highest BCUT2D eigenvalue weighted by atomic mass is 16.5. The Kier molecular flexibility index (Phi) is 6.07. The number of rotatable bonds is 7. The van der Waals surface area contributed by atoms with Gasteiger partial charge in [0.2, 0.25) is 5.91 Å². The molecule has 0 saturated carbocycles. The predicted molar refractivity (Wildman–Crippen MR) is 130 cm³/mol. The summed E-state index contributed by atoms with van der Waals surface area (Å²) in [7, 11) is 0. The Hall–Kier alpha value is -2.92. The molecular formula is C28H32N2O3. The molecule has 2 atom stereocenters. The van der Waals surface area contributed by atoms with Gasteiger partial charge in [0.1, 0.15) is 5.75 Å². The zero-order chi connectivity index (χ0) is 22.8. The van der Waals surface area contributed by atoms with Crippen LogP contribution in [-0.2, 0) is 21.4 Å². The lowest BCUT2D eigenvalue weighted by atomic mass is 9.68. The van der Waals surface area contributed by atoms with Crippen molar-refractivity contribution in [3.8, 4) is 5.75 Å². The number of nitrogens with one attached hydrogen (secondary N) is 2. The minimum atomic E-state index is -0.478. The van der Waals surface area contributed by atoms with E-state index in [4.69, 9.17) is 4.74 Å². The molecule has 2 unspecified atom stereocenters. The fourth-order valence-corrected chi connectivity index (χ4v) is 5.98. The van der Waals surface area contributed by atoms with Crippen LogP contribution >= 0.6 is 0 Å². The number of carbonyl (C=O) groups excluding carboxylic acids is 2. The number of carbonyl (C=O) groups is 2. The van der Waals surface area contributed by atoms with Crippen LogP contribution in [-0.4, -0.2) is 24.5 Å². The molecular weight excluding hydrogens is 412 g/mol. The molecule has 0 radical (unpaired) electrons. The summed E-state index contributed by atoms with van der Waals surface area (Å²) in [6, 6.07) is 14.8. The van der Waals surface area contributed by atoms with E-state index in [1.54, 1.807) is 0 Å². The summed E-state index contributed by atoms with van der Waals surface area (Å²) < 4.78 is 5.48. The lowest BCUT2D eigenvalue weighted by Gasteiger charge is -2.34. The van der Waals surface area contributed by atoms with Crippen molar-refractivity contribution in [2.24, 2.45) is 0 Å². The summed E-state index contributed by atoms with van der Waals surface area (Å²) in [6.07, 6.45) is 10.0. The molecule has 2 aromatic rings. The van der Waals surface area contributed by atoms with Gasteiger partial charge >= 0.3 is 5.97 Å². The molecule has 33 heavy (non-hydrogen) atoms. The molecule has 1 amide bonds. The van der Waals surface area contributed by atoms with Gasteiger partial charge in [-0.1, -0.05) is 49.2 Å². The quantitative estimate of drug-likeness (QED) is 0.352. The second kappa shape index (κ2) is 9.14. The Morgan fingerprint density at radius 1 is 1.15 bits per heavy atom. The molecule has 0 aromatic heterocycles. The Morgan fingerprint density at radius 3 is 2.82 bits per heavy atom. The third-order valence-electron chi connectivity index (χ3n) is 7.49. The maximum Gasteiger partial charge on any atom is 0.308 e. The number of ether oxygens (including phenoxy) is 1. The van der Waals surface area contributed by atoms with Crippen LogP contribution in [0.2, 0.25) is 0 Å². The minimum Gasteiger partial charge on any atom is -0.426 e. The standard InChI is InChI=1S/C28H32N2O3/c1-19(31)33-25-13-12-24-26-23(25)11-7-16-28(26,27(32)30-24)15-6-5-10-22-18-21(14-17-29-22)20-8-3-2-4-9-20/h2-4,8-9,12-14,22,29H,5-7,10-11,15-18H2,1H3,(H,30,32). The average Bonchev–Trinajstić information content (AvgIpc) is 3.12. The summed E-state index contributed by atoms with van der Waals surface area (Å²) in [5.41, 5.74) is 5.30. The molecule has 5 heteroatoms. The molecule has 0 spiro atoms. The number of hydrogen-bond acceptors (Lipinski definition) is 4. The SMILES string of the molecule is CC(=O)Oc1ccc2c3c1CCCC3(CCCCC1CC(c3ccccc3)=CCN1)C(=O)N2. The van der Waals surface area contributed by atoms with E-state index in [1.807, 2.05) is 12.1 Å². The van der Waals surface area contributed by atoms with Crippen LogP contribution in [0, 0.1) is 0 Å². The Labute approximate surface area is 195 Å². The predicted octanol–water partition coefficient (Wildman–Crippen LogP) is 5.14. The lowest BCUT2D eigenvalue weighted by Crippen LogP contribution is -2.37. The minimum absolute atomic E-state index is 0.114. The second-order valence-corrected chi connectivity index (χ2v) is 9.60. The lowest BCUT2D eigenvalue weighted by molar-refractivity contribution is -0.131. The van der Waals surface area contributed by atoms with Gasteiger partial charge in [0.25, 0.3) is 0 Å². The number of amides is 1. The molecule has 2 N–H and O–H groups in total. The summed E-state index contributed by atoms with van der Waals surface area (Å²) in [5.74, 6) is 0.417. The normalized spacial score (nSPS) is 23.5. The van der Waals surface area contributed by atoms with E-state index in [9.17, 15) is 9.59 Å². The van der Waals surface area contributed by atoms with E-state index >= 15 is 0 Å². The van der Waals surface area contributed by atoms with Crippen molar-refractivity contribution in [2.45, 2.75) is 69.7 Å². The maximum absolute atomic E-state index is 13.2. The molecule has 5 rings (SSSR count). The number of unbranched alkanes of at least 4 members (excludes halogenated alkanes) is 1. The zero-order valence-corrected chi connectivity index (χ0v) is 19.3. The summed E-state index contributed by atoms with van der Waals surface area (Å²) in [4.78, 5) is 24.7. The maximum atomic E-state index is 13.2. The van der Waals surface area contributed by atoms with Crippen LogP contribution in [0.4, 0.5) is 5.69 Å². The highest BCUT2D eigenvalue weighted by Gasteiger charge is 2.49. The van der Waals surface area contributed by atoms with Gasteiger partial charge in [0, 0.05) is 30.8 Å². The van der Waals surface area contributed by atoms with Gasteiger partial charge in [-0.2, -0.15) is 0 Å². The molecule has 2 aromatic carbocycles. The topological polar surface area (TPSA) is 67.4 Å². The summed E-state index contributed by atoms with van der Waals surface area (Å²) >= 11 is 0. The van der Waals surface area contributed by atoms with Gasteiger partial charge in [0.15, 0.2) is 0 Å². The first-order valence-corrected chi connectivity index (χ1v) is 12.2. The van der Waals surface area contributed by atoms with Crippen molar-refractivity contribution in [3.63, 3.8) is 0 Å². The molecule has 2 aliphatic heterocycles. The highest BCUT2D eigenvalue weighted by Crippen LogP contribution is 2.52. The average molecular weight is 445 g/mol. The highest BCUT2D eigenvalue weighted by molar-refractivity contribution is 6.07. The van der Waals surface area contributed by atoms with E-state index < -0.39 is 5.41 Å². The molecule has 0 fully saturated rings. The van der Waals surface area contributed by atoms with Crippen molar-refractivity contribution in [3.05, 3.63) is 65.2 Å². The first-order valence-electron chi connectivity index (χ1n) is 12.2. The van der Waals surface area contributed by atoms with Crippen LogP contribution in [0.25, 0.3) is 5.57 Å². The Morgan fingerprint density at radius 2 is 2.00 bits per heavy atom. The van der Waals surface area contributed by atoms with E-state index in [0.29, 0.717) is 11.8 Å². The molecule has 172 valence electrons. The molecule has 3 aliphatic rings. The number of anilines is 1.